The lowest BCUT2D eigenvalue weighted by atomic mass is 10.1. The SMILES string of the molecule is COCCc1nncn1C1CCN(S(=O)(=O)c2ccc(F)c(F)c2)CC1. The van der Waals surface area contributed by atoms with Crippen LogP contribution in [0.2, 0.25) is 0 Å². The number of ether oxygens (including phenoxy) is 1. The van der Waals surface area contributed by atoms with Gasteiger partial charge in [-0.05, 0) is 31.0 Å². The summed E-state index contributed by atoms with van der Waals surface area (Å²) in [4.78, 5) is -0.236. The predicted octanol–water partition coefficient (Wildman–Crippen LogP) is 1.77. The van der Waals surface area contributed by atoms with E-state index in [-0.39, 0.29) is 24.0 Å². The summed E-state index contributed by atoms with van der Waals surface area (Å²) in [6.07, 6.45) is 3.45. The Hall–Kier alpha value is -1.91. The fraction of sp³-hybridized carbons (Fsp3) is 0.500. The molecule has 0 saturated carbocycles. The van der Waals surface area contributed by atoms with Crippen molar-refractivity contribution < 1.29 is 21.9 Å². The lowest BCUT2D eigenvalue weighted by Crippen LogP contribution is -2.39. The highest BCUT2D eigenvalue weighted by molar-refractivity contribution is 7.89. The minimum Gasteiger partial charge on any atom is -0.384 e. The van der Waals surface area contributed by atoms with E-state index in [9.17, 15) is 17.2 Å². The van der Waals surface area contributed by atoms with Gasteiger partial charge in [0.2, 0.25) is 10.0 Å². The van der Waals surface area contributed by atoms with E-state index >= 15 is 0 Å². The van der Waals surface area contributed by atoms with Crippen LogP contribution >= 0.6 is 0 Å². The third-order valence-electron chi connectivity index (χ3n) is 4.52. The third-order valence-corrected chi connectivity index (χ3v) is 6.42. The highest BCUT2D eigenvalue weighted by atomic mass is 32.2. The molecule has 1 aromatic carbocycles. The summed E-state index contributed by atoms with van der Waals surface area (Å²) in [5, 5.41) is 8.02. The maximum atomic E-state index is 13.4. The molecular formula is C16H20F2N4O3S. The fourth-order valence-electron chi connectivity index (χ4n) is 3.09. The molecule has 10 heteroatoms. The normalized spacial score (nSPS) is 16.9. The van der Waals surface area contributed by atoms with Gasteiger partial charge in [-0.25, -0.2) is 17.2 Å². The van der Waals surface area contributed by atoms with E-state index in [0.717, 1.165) is 24.0 Å². The van der Waals surface area contributed by atoms with Crippen molar-refractivity contribution in [3.05, 3.63) is 42.0 Å². The van der Waals surface area contributed by atoms with Crippen molar-refractivity contribution in [1.82, 2.24) is 19.1 Å². The van der Waals surface area contributed by atoms with Gasteiger partial charge < -0.3 is 9.30 Å². The minimum absolute atomic E-state index is 0.0910. The molecule has 3 rings (SSSR count). The lowest BCUT2D eigenvalue weighted by Gasteiger charge is -2.32. The van der Waals surface area contributed by atoms with E-state index in [1.807, 2.05) is 4.57 Å². The molecule has 0 aliphatic carbocycles. The molecule has 142 valence electrons. The second-order valence-corrected chi connectivity index (χ2v) is 8.05. The second-order valence-electron chi connectivity index (χ2n) is 6.11. The summed E-state index contributed by atoms with van der Waals surface area (Å²) < 4.78 is 60.0. The molecule has 26 heavy (non-hydrogen) atoms. The van der Waals surface area contributed by atoms with Crippen LogP contribution in [0.4, 0.5) is 8.78 Å². The van der Waals surface area contributed by atoms with Crippen LogP contribution in [0, 0.1) is 11.6 Å². The first-order chi connectivity index (χ1) is 12.4. The molecule has 1 aliphatic heterocycles. The molecule has 1 aliphatic rings. The summed E-state index contributed by atoms with van der Waals surface area (Å²) >= 11 is 0. The van der Waals surface area contributed by atoms with Gasteiger partial charge in [0.25, 0.3) is 0 Å². The van der Waals surface area contributed by atoms with Crippen LogP contribution in [-0.2, 0) is 21.2 Å². The molecule has 1 saturated heterocycles. The van der Waals surface area contributed by atoms with E-state index in [2.05, 4.69) is 10.2 Å². The Bertz CT molecular complexity index is 864. The first kappa shape index (κ1) is 18.9. The van der Waals surface area contributed by atoms with Crippen molar-refractivity contribution in [1.29, 1.82) is 0 Å². The van der Waals surface area contributed by atoms with Crippen molar-refractivity contribution >= 4 is 10.0 Å². The maximum Gasteiger partial charge on any atom is 0.243 e. The van der Waals surface area contributed by atoms with Gasteiger partial charge in [-0.3, -0.25) is 0 Å². The minimum atomic E-state index is -3.85. The van der Waals surface area contributed by atoms with Crippen LogP contribution < -0.4 is 0 Å². The third kappa shape index (κ3) is 3.76. The number of sulfonamides is 1. The topological polar surface area (TPSA) is 77.3 Å². The first-order valence-electron chi connectivity index (χ1n) is 8.26. The molecule has 1 fully saturated rings. The van der Waals surface area contributed by atoms with Crippen LogP contribution in [0.25, 0.3) is 0 Å². The number of halogens is 2. The summed E-state index contributed by atoms with van der Waals surface area (Å²) in [5.41, 5.74) is 0. The van der Waals surface area contributed by atoms with E-state index in [0.29, 0.717) is 25.9 Å². The van der Waals surface area contributed by atoms with Crippen molar-refractivity contribution in [2.75, 3.05) is 26.8 Å². The fourth-order valence-corrected chi connectivity index (χ4v) is 4.57. The molecule has 0 radical (unpaired) electrons. The zero-order valence-electron chi connectivity index (χ0n) is 14.3. The molecular weight excluding hydrogens is 366 g/mol. The maximum absolute atomic E-state index is 13.4. The van der Waals surface area contributed by atoms with Gasteiger partial charge in [0.15, 0.2) is 11.6 Å². The number of hydrogen-bond acceptors (Lipinski definition) is 5. The van der Waals surface area contributed by atoms with Gasteiger partial charge in [-0.1, -0.05) is 0 Å². The molecule has 0 unspecified atom stereocenters. The van der Waals surface area contributed by atoms with Gasteiger partial charge in [-0.15, -0.1) is 10.2 Å². The molecule has 0 N–H and O–H groups in total. The van der Waals surface area contributed by atoms with Crippen LogP contribution in [0.5, 0.6) is 0 Å². The molecule has 0 spiro atoms. The Morgan fingerprint density at radius 2 is 1.96 bits per heavy atom. The van der Waals surface area contributed by atoms with E-state index in [1.54, 1.807) is 13.4 Å². The Balaban J connectivity index is 1.70. The van der Waals surface area contributed by atoms with Gasteiger partial charge in [0.1, 0.15) is 12.2 Å². The Labute approximate surface area is 150 Å². The summed E-state index contributed by atoms with van der Waals surface area (Å²) in [6.45, 7) is 1.10. The predicted molar refractivity (Wildman–Crippen MR) is 89.0 cm³/mol. The zero-order valence-corrected chi connectivity index (χ0v) is 15.1. The van der Waals surface area contributed by atoms with Gasteiger partial charge in [0, 0.05) is 32.7 Å². The zero-order chi connectivity index (χ0) is 18.7. The number of nitrogens with zero attached hydrogens (tertiary/aromatic N) is 4. The summed E-state index contributed by atoms with van der Waals surface area (Å²) in [5.74, 6) is -1.44. The first-order valence-corrected chi connectivity index (χ1v) is 9.70. The van der Waals surface area contributed by atoms with Crippen LogP contribution in [-0.4, -0.2) is 54.3 Å². The van der Waals surface area contributed by atoms with Crippen molar-refractivity contribution in [2.45, 2.75) is 30.2 Å². The van der Waals surface area contributed by atoms with Crippen LogP contribution in [0.15, 0.2) is 29.4 Å². The second kappa shape index (κ2) is 7.77. The molecule has 7 nitrogen and oxygen atoms in total. The highest BCUT2D eigenvalue weighted by Crippen LogP contribution is 2.28. The monoisotopic (exact) mass is 386 g/mol. The van der Waals surface area contributed by atoms with Gasteiger partial charge >= 0.3 is 0 Å². The Kier molecular flexibility index (Phi) is 5.64. The van der Waals surface area contributed by atoms with Crippen LogP contribution in [0.3, 0.4) is 0 Å². The molecule has 2 heterocycles. The summed E-state index contributed by atoms with van der Waals surface area (Å²) in [6, 6.07) is 2.73. The Morgan fingerprint density at radius 3 is 2.62 bits per heavy atom. The largest absolute Gasteiger partial charge is 0.384 e. The molecule has 2 aromatic rings. The number of rotatable bonds is 6. The molecule has 0 bridgehead atoms. The number of benzene rings is 1. The number of aromatic nitrogens is 3. The van der Waals surface area contributed by atoms with Crippen LogP contribution in [0.1, 0.15) is 24.7 Å². The van der Waals surface area contributed by atoms with E-state index < -0.39 is 21.7 Å². The molecule has 0 atom stereocenters. The summed E-state index contributed by atoms with van der Waals surface area (Å²) in [7, 11) is -2.24. The molecule has 0 amide bonds. The quantitative estimate of drug-likeness (QED) is 0.756. The van der Waals surface area contributed by atoms with Gasteiger partial charge in [0.05, 0.1) is 11.5 Å². The Morgan fingerprint density at radius 1 is 1.23 bits per heavy atom. The van der Waals surface area contributed by atoms with Gasteiger partial charge in [-0.2, -0.15) is 4.31 Å². The highest BCUT2D eigenvalue weighted by Gasteiger charge is 2.31. The van der Waals surface area contributed by atoms with E-state index in [4.69, 9.17) is 4.74 Å². The van der Waals surface area contributed by atoms with Crippen molar-refractivity contribution in [3.63, 3.8) is 0 Å². The number of piperidine rings is 1. The van der Waals surface area contributed by atoms with Crippen molar-refractivity contribution in [3.8, 4) is 0 Å². The van der Waals surface area contributed by atoms with Crippen molar-refractivity contribution in [2.24, 2.45) is 0 Å². The number of methoxy groups -OCH3 is 1. The number of hydrogen-bond donors (Lipinski definition) is 0. The smallest absolute Gasteiger partial charge is 0.243 e. The molecule has 1 aromatic heterocycles. The average molecular weight is 386 g/mol. The average Bonchev–Trinajstić information content (AvgIpc) is 3.10. The van der Waals surface area contributed by atoms with E-state index in [1.165, 1.54) is 4.31 Å². The standard InChI is InChI=1S/C16H20F2N4O3S/c1-25-9-6-16-20-19-11-22(16)12-4-7-21(8-5-12)26(23,24)13-2-3-14(17)15(18)10-13/h2-3,10-12H,4-9H2,1H3. The lowest BCUT2D eigenvalue weighted by molar-refractivity contribution is 0.197.